The maximum atomic E-state index is 12.1. The first-order valence-corrected chi connectivity index (χ1v) is 17.8. The molecule has 9 nitrogen and oxygen atoms in total. The van der Waals surface area contributed by atoms with Crippen LogP contribution in [0.1, 0.15) is 50.5 Å². The van der Waals surface area contributed by atoms with Gasteiger partial charge in [-0.2, -0.15) is 5.10 Å². The number of aromatic carboxylic acids is 1. The molecule has 4 aromatic rings. The molecule has 0 spiro atoms. The van der Waals surface area contributed by atoms with Crippen LogP contribution in [-0.2, 0) is 28.5 Å². The number of aryl methyl sites for hydroxylation is 1. The molecule has 11 heteroatoms. The molecule has 39 heavy (non-hydrogen) atoms. The first-order chi connectivity index (χ1) is 18.1. The van der Waals surface area contributed by atoms with Gasteiger partial charge in [0.1, 0.15) is 29.2 Å². The number of aromatic nitrogens is 5. The van der Waals surface area contributed by atoms with E-state index in [4.69, 9.17) is 19.2 Å². The van der Waals surface area contributed by atoms with E-state index in [0.717, 1.165) is 22.5 Å². The molecule has 1 N–H and O–H groups in total. The first kappa shape index (κ1) is 29.1. The van der Waals surface area contributed by atoms with Gasteiger partial charge >= 0.3 is 5.97 Å². The van der Waals surface area contributed by atoms with E-state index in [1.54, 1.807) is 21.6 Å². The summed E-state index contributed by atoms with van der Waals surface area (Å²) in [5, 5.41) is 15.6. The Morgan fingerprint density at radius 3 is 2.51 bits per heavy atom. The van der Waals surface area contributed by atoms with E-state index in [2.05, 4.69) is 71.4 Å². The summed E-state index contributed by atoms with van der Waals surface area (Å²) < 4.78 is 15.7. The van der Waals surface area contributed by atoms with Gasteiger partial charge in [-0.3, -0.25) is 4.68 Å². The lowest BCUT2D eigenvalue weighted by molar-refractivity contribution is 0.0696. The van der Waals surface area contributed by atoms with Gasteiger partial charge in [-0.05, 0) is 42.6 Å². The van der Waals surface area contributed by atoms with Gasteiger partial charge in [0.15, 0.2) is 5.65 Å². The summed E-state index contributed by atoms with van der Waals surface area (Å²) in [6.45, 7) is 18.4. The van der Waals surface area contributed by atoms with Crippen molar-refractivity contribution in [1.82, 2.24) is 24.3 Å². The molecule has 1 aromatic carbocycles. The summed E-state index contributed by atoms with van der Waals surface area (Å²) in [6, 6.07) is 7.23. The number of hydrogen-bond donors (Lipinski definition) is 1. The Kier molecular flexibility index (Phi) is 7.92. The fraction of sp³-hybridized carbons (Fsp3) is 0.500. The fourth-order valence-electron chi connectivity index (χ4n) is 4.13. The standard InChI is InChI=1S/C28H39N5O4Si2/c1-27(2,3)38-37-28(4,5)18-10-11-22-19(14-18)23(31-32(22)6)21-15-29-25-24(30-21)20(26(34)35)16-33(25)17-36-12-13-39(7,8)9/h10-11,14-16H,12-13,17H2,1-9H3,(H,34,35). The third-order valence-electron chi connectivity index (χ3n) is 6.42. The maximum absolute atomic E-state index is 12.1. The third-order valence-corrected chi connectivity index (χ3v) is 9.35. The number of carboxylic acid groups (broad SMARTS) is 1. The second-order valence-electron chi connectivity index (χ2n) is 12.8. The lowest BCUT2D eigenvalue weighted by Gasteiger charge is -2.29. The predicted octanol–water partition coefficient (Wildman–Crippen LogP) is 6.08. The SMILES string of the molecule is Cn1nc(-c2cnc3c(n2)c(C(=O)O)cn3COCC[Si](C)(C)C)c2cc(C(C)(C)O[Si]C(C)(C)C)ccc21. The molecule has 0 aliphatic heterocycles. The van der Waals surface area contributed by atoms with Gasteiger partial charge in [-0.1, -0.05) is 46.5 Å². The highest BCUT2D eigenvalue weighted by atomic mass is 28.3. The molecule has 0 aliphatic rings. The highest BCUT2D eigenvalue weighted by Crippen LogP contribution is 2.34. The van der Waals surface area contributed by atoms with Crippen molar-refractivity contribution in [2.75, 3.05) is 6.61 Å². The third kappa shape index (κ3) is 6.65. The van der Waals surface area contributed by atoms with E-state index < -0.39 is 19.6 Å². The smallest absolute Gasteiger partial charge is 0.339 e. The highest BCUT2D eigenvalue weighted by Gasteiger charge is 2.27. The minimum absolute atomic E-state index is 0.0729. The van der Waals surface area contributed by atoms with Gasteiger partial charge < -0.3 is 18.8 Å². The monoisotopic (exact) mass is 565 g/mol. The molecule has 0 aliphatic carbocycles. The van der Waals surface area contributed by atoms with Crippen LogP contribution in [0.15, 0.2) is 30.6 Å². The Morgan fingerprint density at radius 2 is 1.87 bits per heavy atom. The number of ether oxygens (including phenoxy) is 1. The van der Waals surface area contributed by atoms with E-state index in [-0.39, 0.29) is 17.3 Å². The van der Waals surface area contributed by atoms with Gasteiger partial charge in [-0.15, -0.1) is 0 Å². The second kappa shape index (κ2) is 10.6. The molecule has 0 bridgehead atoms. The van der Waals surface area contributed by atoms with E-state index in [1.807, 2.05) is 13.1 Å². The van der Waals surface area contributed by atoms with Crippen molar-refractivity contribution in [1.29, 1.82) is 0 Å². The summed E-state index contributed by atoms with van der Waals surface area (Å²) in [4.78, 5) is 21.5. The summed E-state index contributed by atoms with van der Waals surface area (Å²) in [5.41, 5.74) is 3.52. The minimum atomic E-state index is -1.23. The molecule has 0 unspecified atom stereocenters. The van der Waals surface area contributed by atoms with Crippen molar-refractivity contribution >= 4 is 45.9 Å². The topological polar surface area (TPSA) is 104 Å². The molecule has 0 atom stereocenters. The predicted molar refractivity (Wildman–Crippen MR) is 158 cm³/mol. The van der Waals surface area contributed by atoms with E-state index >= 15 is 0 Å². The van der Waals surface area contributed by atoms with E-state index in [1.165, 1.54) is 0 Å². The van der Waals surface area contributed by atoms with Crippen LogP contribution in [0.3, 0.4) is 0 Å². The quantitative estimate of drug-likeness (QED) is 0.183. The second-order valence-corrected chi connectivity index (χ2v) is 20.3. The Morgan fingerprint density at radius 1 is 1.15 bits per heavy atom. The Hall–Kier alpha value is -2.87. The number of carboxylic acids is 1. The first-order valence-electron chi connectivity index (χ1n) is 13.2. The van der Waals surface area contributed by atoms with Gasteiger partial charge in [0.25, 0.3) is 0 Å². The van der Waals surface area contributed by atoms with Crippen molar-refractivity contribution in [3.05, 3.63) is 41.7 Å². The van der Waals surface area contributed by atoms with Crippen LogP contribution in [0.25, 0.3) is 33.5 Å². The number of benzene rings is 1. The van der Waals surface area contributed by atoms with Crippen LogP contribution in [0.2, 0.25) is 30.7 Å². The van der Waals surface area contributed by atoms with Crippen LogP contribution < -0.4 is 0 Å². The van der Waals surface area contributed by atoms with Crippen molar-refractivity contribution in [3.63, 3.8) is 0 Å². The van der Waals surface area contributed by atoms with Crippen LogP contribution in [0.5, 0.6) is 0 Å². The largest absolute Gasteiger partial charge is 0.478 e. The van der Waals surface area contributed by atoms with E-state index in [9.17, 15) is 9.90 Å². The maximum Gasteiger partial charge on any atom is 0.339 e. The summed E-state index contributed by atoms with van der Waals surface area (Å²) >= 11 is 0. The lowest BCUT2D eigenvalue weighted by Crippen LogP contribution is -2.27. The van der Waals surface area contributed by atoms with Gasteiger partial charge in [-0.25, -0.2) is 14.8 Å². The minimum Gasteiger partial charge on any atom is -0.478 e. The zero-order chi connectivity index (χ0) is 28.8. The summed E-state index contributed by atoms with van der Waals surface area (Å²) in [7, 11) is 1.00. The summed E-state index contributed by atoms with van der Waals surface area (Å²) in [6.07, 6.45) is 3.21. The van der Waals surface area contributed by atoms with Crippen molar-refractivity contribution in [2.24, 2.45) is 7.05 Å². The number of nitrogens with zero attached hydrogens (tertiary/aromatic N) is 5. The zero-order valence-electron chi connectivity index (χ0n) is 24.4. The van der Waals surface area contributed by atoms with Crippen LogP contribution >= 0.6 is 0 Å². The van der Waals surface area contributed by atoms with E-state index in [0.29, 0.717) is 38.9 Å². The van der Waals surface area contributed by atoms with Crippen molar-refractivity contribution in [2.45, 2.75) is 77.7 Å². The molecule has 2 radical (unpaired) electrons. The van der Waals surface area contributed by atoms with Crippen molar-refractivity contribution in [3.8, 4) is 11.4 Å². The fourth-order valence-corrected chi connectivity index (χ4v) is 5.57. The highest BCUT2D eigenvalue weighted by molar-refractivity contribution is 6.76. The number of carbonyl (C=O) groups is 1. The van der Waals surface area contributed by atoms with Crippen LogP contribution in [0, 0.1) is 0 Å². The van der Waals surface area contributed by atoms with Gasteiger partial charge in [0.2, 0.25) is 9.76 Å². The molecule has 0 amide bonds. The molecule has 0 saturated carbocycles. The molecule has 208 valence electrons. The molecular formula is C28H39N5O4Si2. The molecule has 3 aromatic heterocycles. The molecule has 0 saturated heterocycles. The zero-order valence-corrected chi connectivity index (χ0v) is 26.4. The van der Waals surface area contributed by atoms with Crippen LogP contribution in [0.4, 0.5) is 0 Å². The van der Waals surface area contributed by atoms with Crippen LogP contribution in [-0.4, -0.2) is 59.8 Å². The molecule has 3 heterocycles. The Bertz CT molecular complexity index is 1510. The number of rotatable bonds is 10. The average molecular weight is 566 g/mol. The van der Waals surface area contributed by atoms with Crippen molar-refractivity contribution < 1.29 is 19.1 Å². The normalized spacial score (nSPS) is 13.1. The Balaban J connectivity index is 1.72. The van der Waals surface area contributed by atoms with Gasteiger partial charge in [0.05, 0.1) is 17.3 Å². The average Bonchev–Trinajstić information content (AvgIpc) is 3.37. The Labute approximate surface area is 233 Å². The lowest BCUT2D eigenvalue weighted by atomic mass is 9.96. The molecule has 0 fully saturated rings. The molecular weight excluding hydrogens is 527 g/mol. The number of hydrogen-bond acceptors (Lipinski definition) is 6. The summed E-state index contributed by atoms with van der Waals surface area (Å²) in [5.74, 6) is -1.06. The van der Waals surface area contributed by atoms with Gasteiger partial charge in [0, 0.05) is 33.3 Å². The number of fused-ring (bicyclic) bond motifs is 2. The molecule has 4 rings (SSSR count).